The molecule has 1 aliphatic rings. The summed E-state index contributed by atoms with van der Waals surface area (Å²) < 4.78 is 2.15. The molecule has 20 heavy (non-hydrogen) atoms. The summed E-state index contributed by atoms with van der Waals surface area (Å²) in [5, 5.41) is 9.73. The van der Waals surface area contributed by atoms with Crippen LogP contribution in [0.5, 0.6) is 0 Å². The number of hydrogen-bond acceptors (Lipinski definition) is 2. The van der Waals surface area contributed by atoms with E-state index in [4.69, 9.17) is 22.6 Å². The third-order valence-corrected chi connectivity index (χ3v) is 4.28. The smallest absolute Gasteiger partial charge is 0.0992 e. The highest BCUT2D eigenvalue weighted by molar-refractivity contribution is 6.32. The van der Waals surface area contributed by atoms with Crippen molar-refractivity contribution in [3.8, 4) is 11.8 Å². The zero-order valence-electron chi connectivity index (χ0n) is 11.4. The summed E-state index contributed by atoms with van der Waals surface area (Å²) in [5.41, 5.74) is 11.3. The molecule has 102 valence electrons. The van der Waals surface area contributed by atoms with Crippen molar-refractivity contribution in [2.75, 3.05) is 0 Å². The van der Waals surface area contributed by atoms with Crippen LogP contribution in [-0.2, 0) is 6.42 Å². The third kappa shape index (κ3) is 2.02. The van der Waals surface area contributed by atoms with Crippen molar-refractivity contribution >= 4 is 11.6 Å². The van der Waals surface area contributed by atoms with Crippen LogP contribution in [0.3, 0.4) is 0 Å². The zero-order chi connectivity index (χ0) is 14.3. The normalized spacial score (nSPS) is 17.6. The maximum atomic E-state index is 9.08. The van der Waals surface area contributed by atoms with E-state index in [1.54, 1.807) is 12.1 Å². The summed E-state index contributed by atoms with van der Waals surface area (Å²) in [6, 6.07) is 9.79. The zero-order valence-corrected chi connectivity index (χ0v) is 12.1. The number of nitriles is 1. The Kier molecular flexibility index (Phi) is 3.29. The molecular formula is C16H16ClN3. The van der Waals surface area contributed by atoms with Crippen LogP contribution < -0.4 is 5.73 Å². The fourth-order valence-corrected chi connectivity index (χ4v) is 3.23. The van der Waals surface area contributed by atoms with Gasteiger partial charge in [0.2, 0.25) is 0 Å². The Labute approximate surface area is 123 Å². The SMILES string of the molecule is Cc1cc2c(n1-c1cc(C#N)ccc1Cl)CCCC2N. The third-order valence-electron chi connectivity index (χ3n) is 3.96. The van der Waals surface area contributed by atoms with Crippen molar-refractivity contribution in [1.29, 1.82) is 5.26 Å². The maximum absolute atomic E-state index is 9.08. The first kappa shape index (κ1) is 13.2. The molecule has 0 saturated carbocycles. The molecule has 1 aromatic heterocycles. The van der Waals surface area contributed by atoms with E-state index in [1.807, 2.05) is 6.07 Å². The topological polar surface area (TPSA) is 54.7 Å². The summed E-state index contributed by atoms with van der Waals surface area (Å²) >= 11 is 6.33. The highest BCUT2D eigenvalue weighted by atomic mass is 35.5. The van der Waals surface area contributed by atoms with Gasteiger partial charge in [-0.05, 0) is 56.0 Å². The Morgan fingerprint density at radius 3 is 2.95 bits per heavy atom. The van der Waals surface area contributed by atoms with Crippen molar-refractivity contribution in [3.63, 3.8) is 0 Å². The van der Waals surface area contributed by atoms with Crippen LogP contribution in [0.4, 0.5) is 0 Å². The molecule has 0 amide bonds. The quantitative estimate of drug-likeness (QED) is 0.869. The first-order valence-electron chi connectivity index (χ1n) is 6.78. The minimum atomic E-state index is 0.108. The second kappa shape index (κ2) is 4.97. The van der Waals surface area contributed by atoms with Gasteiger partial charge in [-0.15, -0.1) is 0 Å². The van der Waals surface area contributed by atoms with Crippen LogP contribution >= 0.6 is 11.6 Å². The molecule has 0 fully saturated rings. The van der Waals surface area contributed by atoms with Crippen molar-refractivity contribution in [2.45, 2.75) is 32.2 Å². The summed E-state index contributed by atoms with van der Waals surface area (Å²) in [4.78, 5) is 0. The van der Waals surface area contributed by atoms with E-state index in [-0.39, 0.29) is 6.04 Å². The number of fused-ring (bicyclic) bond motifs is 1. The standard InChI is InChI=1S/C16H16ClN3/c1-10-7-12-14(19)3-2-4-15(12)20(10)16-8-11(9-18)5-6-13(16)17/h5-8,14H,2-4,19H2,1H3. The van der Waals surface area contributed by atoms with E-state index >= 15 is 0 Å². The number of benzene rings is 1. The van der Waals surface area contributed by atoms with Gasteiger partial charge in [0.25, 0.3) is 0 Å². The van der Waals surface area contributed by atoms with E-state index in [0.717, 1.165) is 30.6 Å². The Balaban J connectivity index is 2.23. The van der Waals surface area contributed by atoms with Gasteiger partial charge in [-0.1, -0.05) is 11.6 Å². The molecule has 1 unspecified atom stereocenters. The second-order valence-electron chi connectivity index (χ2n) is 5.30. The maximum Gasteiger partial charge on any atom is 0.0992 e. The van der Waals surface area contributed by atoms with Crippen molar-refractivity contribution < 1.29 is 0 Å². The van der Waals surface area contributed by atoms with Gasteiger partial charge in [-0.25, -0.2) is 0 Å². The van der Waals surface area contributed by atoms with Crippen LogP contribution in [0.15, 0.2) is 24.3 Å². The average Bonchev–Trinajstić information content (AvgIpc) is 2.77. The van der Waals surface area contributed by atoms with Gasteiger partial charge >= 0.3 is 0 Å². The molecule has 0 radical (unpaired) electrons. The Morgan fingerprint density at radius 2 is 2.20 bits per heavy atom. The lowest BCUT2D eigenvalue weighted by Crippen LogP contribution is -2.18. The molecule has 1 aliphatic carbocycles. The number of rotatable bonds is 1. The van der Waals surface area contributed by atoms with Gasteiger partial charge in [0.1, 0.15) is 0 Å². The number of nitrogens with two attached hydrogens (primary N) is 1. The summed E-state index contributed by atoms with van der Waals surface area (Å²) in [7, 11) is 0. The van der Waals surface area contributed by atoms with E-state index in [2.05, 4.69) is 23.6 Å². The number of aryl methyl sites for hydroxylation is 1. The Hall–Kier alpha value is -1.76. The monoisotopic (exact) mass is 285 g/mol. The average molecular weight is 286 g/mol. The van der Waals surface area contributed by atoms with Crippen LogP contribution in [-0.4, -0.2) is 4.57 Å². The highest BCUT2D eigenvalue weighted by Crippen LogP contribution is 2.34. The lowest BCUT2D eigenvalue weighted by Gasteiger charge is -2.21. The molecule has 3 nitrogen and oxygen atoms in total. The molecule has 0 bridgehead atoms. The first-order chi connectivity index (χ1) is 9.61. The van der Waals surface area contributed by atoms with Gasteiger partial charge in [-0.2, -0.15) is 5.26 Å². The van der Waals surface area contributed by atoms with E-state index in [1.165, 1.54) is 11.3 Å². The predicted molar refractivity (Wildman–Crippen MR) is 80.1 cm³/mol. The molecule has 0 spiro atoms. The lowest BCUT2D eigenvalue weighted by molar-refractivity contribution is 0.560. The van der Waals surface area contributed by atoms with E-state index < -0.39 is 0 Å². The Morgan fingerprint density at radius 1 is 1.40 bits per heavy atom. The number of nitrogens with zero attached hydrogens (tertiary/aromatic N) is 2. The largest absolute Gasteiger partial charge is 0.324 e. The van der Waals surface area contributed by atoms with Gasteiger partial charge in [0.05, 0.1) is 22.3 Å². The van der Waals surface area contributed by atoms with Crippen molar-refractivity contribution in [3.05, 3.63) is 51.8 Å². The molecule has 1 atom stereocenters. The van der Waals surface area contributed by atoms with Crippen LogP contribution in [0.25, 0.3) is 5.69 Å². The highest BCUT2D eigenvalue weighted by Gasteiger charge is 2.23. The molecular weight excluding hydrogens is 270 g/mol. The van der Waals surface area contributed by atoms with E-state index in [0.29, 0.717) is 10.6 Å². The van der Waals surface area contributed by atoms with Crippen LogP contribution in [0, 0.1) is 18.3 Å². The molecule has 0 saturated heterocycles. The molecule has 3 rings (SSSR count). The summed E-state index contributed by atoms with van der Waals surface area (Å²) in [5.74, 6) is 0. The minimum Gasteiger partial charge on any atom is -0.324 e. The molecule has 4 heteroatoms. The minimum absolute atomic E-state index is 0.108. The van der Waals surface area contributed by atoms with Gasteiger partial charge < -0.3 is 10.3 Å². The number of hydrogen-bond donors (Lipinski definition) is 1. The predicted octanol–water partition coefficient (Wildman–Crippen LogP) is 3.65. The second-order valence-corrected chi connectivity index (χ2v) is 5.71. The van der Waals surface area contributed by atoms with Gasteiger partial charge in [0, 0.05) is 17.4 Å². The van der Waals surface area contributed by atoms with Crippen LogP contribution in [0.2, 0.25) is 5.02 Å². The molecule has 2 N–H and O–H groups in total. The van der Waals surface area contributed by atoms with Crippen LogP contribution in [0.1, 0.15) is 41.4 Å². The van der Waals surface area contributed by atoms with Gasteiger partial charge in [-0.3, -0.25) is 0 Å². The number of aromatic nitrogens is 1. The van der Waals surface area contributed by atoms with Crippen molar-refractivity contribution in [1.82, 2.24) is 4.57 Å². The fraction of sp³-hybridized carbons (Fsp3) is 0.312. The molecule has 1 heterocycles. The lowest BCUT2D eigenvalue weighted by atomic mass is 9.93. The molecule has 0 aliphatic heterocycles. The van der Waals surface area contributed by atoms with Crippen molar-refractivity contribution in [2.24, 2.45) is 5.73 Å². The first-order valence-corrected chi connectivity index (χ1v) is 7.16. The fourth-order valence-electron chi connectivity index (χ4n) is 3.03. The number of halogens is 1. The van der Waals surface area contributed by atoms with Gasteiger partial charge in [0.15, 0.2) is 0 Å². The Bertz CT molecular complexity index is 709. The molecule has 2 aromatic rings. The summed E-state index contributed by atoms with van der Waals surface area (Å²) in [6.07, 6.45) is 3.12. The van der Waals surface area contributed by atoms with E-state index in [9.17, 15) is 0 Å². The summed E-state index contributed by atoms with van der Waals surface area (Å²) in [6.45, 7) is 2.06. The molecule has 1 aromatic carbocycles.